The largest absolute Gasteiger partial charge is 0.355 e. The number of fused-ring (bicyclic) bond motifs is 1. The zero-order valence-electron chi connectivity index (χ0n) is 14.0. The summed E-state index contributed by atoms with van der Waals surface area (Å²) in [6.07, 6.45) is 2.13. The van der Waals surface area contributed by atoms with Gasteiger partial charge in [0.15, 0.2) is 5.76 Å². The fourth-order valence-corrected chi connectivity index (χ4v) is 4.85. The molecule has 25 heavy (non-hydrogen) atoms. The van der Waals surface area contributed by atoms with E-state index in [-0.39, 0.29) is 6.54 Å². The van der Waals surface area contributed by atoms with E-state index in [1.54, 1.807) is 24.4 Å². The molecule has 0 atom stereocenters. The highest BCUT2D eigenvalue weighted by Gasteiger charge is 2.32. The average molecular weight is 358 g/mol. The molecule has 0 bridgehead atoms. The van der Waals surface area contributed by atoms with Crippen LogP contribution in [0.3, 0.4) is 0 Å². The molecule has 0 saturated heterocycles. The van der Waals surface area contributed by atoms with Crippen LogP contribution in [-0.2, 0) is 23.0 Å². The molecule has 8 heteroatoms. The Hall–Kier alpha value is -2.45. The second-order valence-corrected chi connectivity index (χ2v) is 8.26. The molecule has 4 rings (SSSR count). The van der Waals surface area contributed by atoms with Gasteiger partial charge < -0.3 is 4.52 Å². The van der Waals surface area contributed by atoms with Crippen LogP contribution in [0, 0.1) is 13.8 Å². The van der Waals surface area contributed by atoms with Gasteiger partial charge in [-0.2, -0.15) is 9.40 Å². The number of sulfonamides is 1. The third-order valence-electron chi connectivity index (χ3n) is 4.40. The van der Waals surface area contributed by atoms with Gasteiger partial charge in [-0.25, -0.2) is 8.42 Å². The molecular formula is C17H18N4O3S. The molecule has 7 nitrogen and oxygen atoms in total. The summed E-state index contributed by atoms with van der Waals surface area (Å²) in [6.45, 7) is 4.48. The van der Waals surface area contributed by atoms with E-state index in [0.717, 1.165) is 22.4 Å². The molecule has 2 aromatic heterocycles. The van der Waals surface area contributed by atoms with E-state index in [4.69, 9.17) is 4.52 Å². The number of H-pyrrole nitrogens is 1. The van der Waals surface area contributed by atoms with E-state index in [1.165, 1.54) is 4.31 Å². The lowest BCUT2D eigenvalue weighted by molar-refractivity contribution is 0.388. The minimum atomic E-state index is -3.57. The minimum absolute atomic E-state index is 0.261. The van der Waals surface area contributed by atoms with Crippen molar-refractivity contribution in [1.29, 1.82) is 0 Å². The number of nitrogens with zero attached hydrogens (tertiary/aromatic N) is 3. The Kier molecular flexibility index (Phi) is 3.73. The van der Waals surface area contributed by atoms with E-state index >= 15 is 0 Å². The summed E-state index contributed by atoms with van der Waals surface area (Å²) in [5, 5.41) is 11.0. The maximum atomic E-state index is 13.1. The molecule has 1 N–H and O–H groups in total. The predicted molar refractivity (Wildman–Crippen MR) is 91.3 cm³/mol. The molecule has 0 amide bonds. The van der Waals surface area contributed by atoms with Crippen molar-refractivity contribution in [2.24, 2.45) is 0 Å². The van der Waals surface area contributed by atoms with Gasteiger partial charge in [0, 0.05) is 36.8 Å². The third-order valence-corrected chi connectivity index (χ3v) is 6.23. The van der Waals surface area contributed by atoms with Crippen LogP contribution in [-0.4, -0.2) is 34.6 Å². The summed E-state index contributed by atoms with van der Waals surface area (Å²) in [7, 11) is -3.57. The summed E-state index contributed by atoms with van der Waals surface area (Å²) in [6, 6.07) is 7.11. The average Bonchev–Trinajstić information content (AvgIpc) is 3.22. The quantitative estimate of drug-likeness (QED) is 0.776. The maximum Gasteiger partial charge on any atom is 0.243 e. The van der Waals surface area contributed by atoms with E-state index in [0.29, 0.717) is 29.3 Å². The first kappa shape index (κ1) is 16.0. The topological polar surface area (TPSA) is 92.1 Å². The molecule has 0 unspecified atom stereocenters. The minimum Gasteiger partial charge on any atom is -0.355 e. The van der Waals surface area contributed by atoms with E-state index in [2.05, 4.69) is 15.4 Å². The highest BCUT2D eigenvalue weighted by Crippen LogP contribution is 2.31. The second-order valence-electron chi connectivity index (χ2n) is 6.32. The van der Waals surface area contributed by atoms with Gasteiger partial charge in [-0.05, 0) is 37.1 Å². The van der Waals surface area contributed by atoms with Gasteiger partial charge in [0.25, 0.3) is 0 Å². The van der Waals surface area contributed by atoms with Crippen LogP contribution < -0.4 is 0 Å². The van der Waals surface area contributed by atoms with Gasteiger partial charge >= 0.3 is 0 Å². The van der Waals surface area contributed by atoms with Gasteiger partial charge in [-0.3, -0.25) is 5.10 Å². The maximum absolute atomic E-state index is 13.1. The number of aryl methyl sites for hydroxylation is 2. The van der Waals surface area contributed by atoms with E-state index in [1.807, 2.05) is 19.9 Å². The number of hydrogen-bond acceptors (Lipinski definition) is 5. The normalized spacial score (nSPS) is 15.3. The molecule has 1 aliphatic rings. The molecule has 0 spiro atoms. The summed E-state index contributed by atoms with van der Waals surface area (Å²) >= 11 is 0. The Morgan fingerprint density at radius 3 is 2.64 bits per heavy atom. The van der Waals surface area contributed by atoms with Gasteiger partial charge in [0.2, 0.25) is 10.0 Å². The molecule has 0 radical (unpaired) electrons. The molecule has 0 saturated carbocycles. The van der Waals surface area contributed by atoms with Crippen molar-refractivity contribution >= 4 is 10.0 Å². The number of aromatic amines is 1. The smallest absolute Gasteiger partial charge is 0.243 e. The van der Waals surface area contributed by atoms with E-state index in [9.17, 15) is 8.42 Å². The van der Waals surface area contributed by atoms with Crippen LogP contribution >= 0.6 is 0 Å². The lowest BCUT2D eigenvalue weighted by Crippen LogP contribution is -2.36. The van der Waals surface area contributed by atoms with Gasteiger partial charge in [0.05, 0.1) is 11.1 Å². The molecule has 3 heterocycles. The number of nitrogens with one attached hydrogen (secondary N) is 1. The van der Waals surface area contributed by atoms with Crippen molar-refractivity contribution < 1.29 is 12.9 Å². The van der Waals surface area contributed by atoms with E-state index < -0.39 is 10.0 Å². The van der Waals surface area contributed by atoms with Crippen molar-refractivity contribution in [3.8, 4) is 11.5 Å². The third kappa shape index (κ3) is 2.77. The predicted octanol–water partition coefficient (Wildman–Crippen LogP) is 2.43. The lowest BCUT2D eigenvalue weighted by Gasteiger charge is -2.26. The van der Waals surface area contributed by atoms with Gasteiger partial charge in [-0.1, -0.05) is 11.2 Å². The first-order valence-corrected chi connectivity index (χ1v) is 9.45. The molecule has 0 fully saturated rings. The molecule has 0 aliphatic carbocycles. The van der Waals surface area contributed by atoms with Crippen LogP contribution in [0.15, 0.2) is 39.9 Å². The fraction of sp³-hybridized carbons (Fsp3) is 0.294. The zero-order chi connectivity index (χ0) is 17.6. The van der Waals surface area contributed by atoms with Crippen molar-refractivity contribution in [2.45, 2.75) is 31.7 Å². The van der Waals surface area contributed by atoms with Crippen molar-refractivity contribution in [3.63, 3.8) is 0 Å². The molecular weight excluding hydrogens is 340 g/mol. The number of aromatic nitrogens is 3. The summed E-state index contributed by atoms with van der Waals surface area (Å²) in [5.74, 6) is 0.531. The monoisotopic (exact) mass is 358 g/mol. The van der Waals surface area contributed by atoms with Crippen molar-refractivity contribution in [1.82, 2.24) is 19.7 Å². The molecule has 3 aromatic rings. The SMILES string of the molecule is Cc1cc(C)cc(S(=O)(=O)N2CCc3[nH]nc(-c4ccno4)c3C2)c1. The van der Waals surface area contributed by atoms with Crippen molar-refractivity contribution in [2.75, 3.05) is 6.54 Å². The van der Waals surface area contributed by atoms with Gasteiger partial charge in [0.1, 0.15) is 5.69 Å². The zero-order valence-corrected chi connectivity index (χ0v) is 14.8. The number of rotatable bonds is 3. The molecule has 1 aliphatic heterocycles. The number of hydrogen-bond donors (Lipinski definition) is 1. The summed E-state index contributed by atoms with van der Waals surface area (Å²) in [4.78, 5) is 0.332. The highest BCUT2D eigenvalue weighted by molar-refractivity contribution is 7.89. The number of benzene rings is 1. The molecule has 1 aromatic carbocycles. The van der Waals surface area contributed by atoms with Gasteiger partial charge in [-0.15, -0.1) is 0 Å². The van der Waals surface area contributed by atoms with Crippen LogP contribution in [0.5, 0.6) is 0 Å². The second kappa shape index (κ2) is 5.82. The first-order valence-electron chi connectivity index (χ1n) is 8.01. The standard InChI is InChI=1S/C17H18N4O3S/c1-11-7-12(2)9-13(8-11)25(22,23)21-6-4-15-14(10-21)17(20-19-15)16-3-5-18-24-16/h3,5,7-9H,4,6,10H2,1-2H3,(H,19,20). The van der Waals surface area contributed by atoms with Crippen molar-refractivity contribution in [3.05, 3.63) is 52.8 Å². The van der Waals surface area contributed by atoms with Crippen LogP contribution in [0.25, 0.3) is 11.5 Å². The van der Waals surface area contributed by atoms with Crippen LogP contribution in [0.1, 0.15) is 22.4 Å². The fourth-order valence-electron chi connectivity index (χ4n) is 3.25. The Labute approximate surface area is 145 Å². The first-order chi connectivity index (χ1) is 11.9. The highest BCUT2D eigenvalue weighted by atomic mass is 32.2. The molecule has 130 valence electrons. The summed E-state index contributed by atoms with van der Waals surface area (Å²) in [5.41, 5.74) is 4.27. The Morgan fingerprint density at radius 2 is 1.96 bits per heavy atom. The lowest BCUT2D eigenvalue weighted by atomic mass is 10.1. The van der Waals surface area contributed by atoms with Crippen LogP contribution in [0.2, 0.25) is 0 Å². The summed E-state index contributed by atoms with van der Waals surface area (Å²) < 4.78 is 32.8. The Balaban J connectivity index is 1.71. The van der Waals surface area contributed by atoms with Crippen LogP contribution in [0.4, 0.5) is 0 Å². The Morgan fingerprint density at radius 1 is 1.20 bits per heavy atom. The Bertz CT molecular complexity index is 1000.